The Morgan fingerprint density at radius 2 is 1.82 bits per heavy atom. The van der Waals surface area contributed by atoms with Crippen molar-refractivity contribution in [3.8, 4) is 0 Å². The van der Waals surface area contributed by atoms with Gasteiger partial charge in [0.25, 0.3) is 5.91 Å². The van der Waals surface area contributed by atoms with Crippen LogP contribution in [0.1, 0.15) is 29.3 Å². The van der Waals surface area contributed by atoms with Crippen LogP contribution < -0.4 is 10.2 Å². The molecule has 2 aliphatic carbocycles. The summed E-state index contributed by atoms with van der Waals surface area (Å²) >= 11 is 6.06. The van der Waals surface area contributed by atoms with Crippen LogP contribution in [-0.2, 0) is 19.1 Å². The van der Waals surface area contributed by atoms with Crippen LogP contribution in [0.3, 0.4) is 0 Å². The summed E-state index contributed by atoms with van der Waals surface area (Å²) < 4.78 is 5.16. The molecule has 3 amide bonds. The van der Waals surface area contributed by atoms with Crippen molar-refractivity contribution in [2.24, 2.45) is 23.7 Å². The molecule has 0 unspecified atom stereocenters. The van der Waals surface area contributed by atoms with Crippen molar-refractivity contribution in [3.05, 3.63) is 70.3 Å². The molecule has 0 spiro atoms. The lowest BCUT2D eigenvalue weighted by Crippen LogP contribution is -2.33. The van der Waals surface area contributed by atoms with E-state index in [4.69, 9.17) is 16.3 Å². The number of carbonyl (C=O) groups is 4. The van der Waals surface area contributed by atoms with Crippen molar-refractivity contribution in [2.45, 2.75) is 20.3 Å². The zero-order chi connectivity index (χ0) is 24.1. The maximum Gasteiger partial charge on any atom is 0.338 e. The Kier molecular flexibility index (Phi) is 5.52. The van der Waals surface area contributed by atoms with Crippen LogP contribution in [0, 0.1) is 30.6 Å². The molecule has 1 N–H and O–H groups in total. The molecule has 0 radical (unpaired) electrons. The molecule has 1 saturated carbocycles. The molecular weight excluding hydrogens is 456 g/mol. The molecule has 2 aromatic rings. The minimum atomic E-state index is -0.725. The summed E-state index contributed by atoms with van der Waals surface area (Å²) in [4.78, 5) is 52.3. The van der Waals surface area contributed by atoms with E-state index < -0.39 is 18.5 Å². The maximum absolute atomic E-state index is 13.2. The predicted octanol–water partition coefficient (Wildman–Crippen LogP) is 4.15. The van der Waals surface area contributed by atoms with Crippen LogP contribution in [-0.4, -0.2) is 30.3 Å². The number of rotatable bonds is 5. The molecule has 2 bridgehead atoms. The molecule has 7 nitrogen and oxygen atoms in total. The normalized spacial score (nSPS) is 24.8. The third-order valence-electron chi connectivity index (χ3n) is 7.10. The van der Waals surface area contributed by atoms with Gasteiger partial charge in [0.1, 0.15) is 0 Å². The Balaban J connectivity index is 1.26. The topological polar surface area (TPSA) is 92.8 Å². The first-order valence-electron chi connectivity index (χ1n) is 11.1. The highest BCUT2D eigenvalue weighted by atomic mass is 35.5. The molecule has 4 atom stereocenters. The van der Waals surface area contributed by atoms with Crippen LogP contribution in [0.2, 0.25) is 5.02 Å². The second-order valence-corrected chi connectivity index (χ2v) is 9.47. The predicted molar refractivity (Wildman–Crippen MR) is 126 cm³/mol. The molecule has 1 aliphatic heterocycles. The first-order valence-corrected chi connectivity index (χ1v) is 11.5. The third-order valence-corrected chi connectivity index (χ3v) is 7.51. The molecule has 1 saturated heterocycles. The minimum Gasteiger partial charge on any atom is -0.452 e. The largest absolute Gasteiger partial charge is 0.452 e. The number of ether oxygens (including phenoxy) is 1. The lowest BCUT2D eigenvalue weighted by molar-refractivity contribution is -0.123. The van der Waals surface area contributed by atoms with Gasteiger partial charge in [0.2, 0.25) is 11.8 Å². The van der Waals surface area contributed by atoms with E-state index in [0.717, 1.165) is 6.42 Å². The van der Waals surface area contributed by atoms with Crippen molar-refractivity contribution in [3.63, 3.8) is 0 Å². The van der Waals surface area contributed by atoms with Gasteiger partial charge in [-0.3, -0.25) is 14.4 Å². The van der Waals surface area contributed by atoms with E-state index in [1.54, 1.807) is 37.3 Å². The van der Waals surface area contributed by atoms with Crippen molar-refractivity contribution in [1.29, 1.82) is 0 Å². The summed E-state index contributed by atoms with van der Waals surface area (Å²) in [6.45, 7) is 3.30. The summed E-state index contributed by atoms with van der Waals surface area (Å²) in [6.07, 6.45) is 2.97. The summed E-state index contributed by atoms with van der Waals surface area (Å²) in [5.74, 6) is -2.09. The highest BCUT2D eigenvalue weighted by Crippen LogP contribution is 2.55. The number of nitrogens with one attached hydrogen (secondary N) is 1. The van der Waals surface area contributed by atoms with E-state index in [1.807, 2.05) is 6.92 Å². The van der Waals surface area contributed by atoms with E-state index in [-0.39, 0.29) is 41.0 Å². The summed E-state index contributed by atoms with van der Waals surface area (Å²) in [5, 5.41) is 3.18. The van der Waals surface area contributed by atoms with Crippen LogP contribution >= 0.6 is 11.6 Å². The number of hydrogen-bond donors (Lipinski definition) is 1. The monoisotopic (exact) mass is 478 g/mol. The number of nitrogens with zero attached hydrogens (tertiary/aromatic N) is 1. The molecule has 2 aromatic carbocycles. The fourth-order valence-corrected chi connectivity index (χ4v) is 5.62. The summed E-state index contributed by atoms with van der Waals surface area (Å²) in [7, 11) is 0. The quantitative estimate of drug-likeness (QED) is 0.396. The van der Waals surface area contributed by atoms with Crippen molar-refractivity contribution in [2.75, 3.05) is 16.8 Å². The lowest BCUT2D eigenvalue weighted by atomic mass is 9.82. The standard InChI is InChI=1S/C26H23ClN2O5/c1-13-9-16-11-18(13)23-22(16)24(31)29(25(23)32)17-6-3-5-15(10-17)26(33)34-12-21(30)28-20-8-4-7-19(27)14(20)2/h3-10,16,18,22-23H,11-12H2,1-2H3,(H,28,30)/t16-,18+,22-,23+/m0/s1. The first-order chi connectivity index (χ1) is 16.3. The molecule has 2 fully saturated rings. The van der Waals surface area contributed by atoms with Crippen LogP contribution in [0.4, 0.5) is 11.4 Å². The van der Waals surface area contributed by atoms with Crippen molar-refractivity contribution < 1.29 is 23.9 Å². The molecule has 5 rings (SSSR count). The number of hydrogen-bond acceptors (Lipinski definition) is 5. The van der Waals surface area contributed by atoms with Gasteiger partial charge in [0.05, 0.1) is 23.1 Å². The highest BCUT2D eigenvalue weighted by Gasteiger charge is 2.60. The Bertz CT molecular complexity index is 1270. The van der Waals surface area contributed by atoms with Gasteiger partial charge in [-0.05, 0) is 68.0 Å². The summed E-state index contributed by atoms with van der Waals surface area (Å²) in [6, 6.07) is 11.3. The van der Waals surface area contributed by atoms with Crippen molar-refractivity contribution >= 4 is 46.7 Å². The number of imide groups is 1. The average molecular weight is 479 g/mol. The molecule has 3 aliphatic rings. The Labute approximate surface area is 201 Å². The number of carbonyl (C=O) groups excluding carboxylic acids is 4. The number of allylic oxidation sites excluding steroid dienone is 2. The third kappa shape index (κ3) is 3.60. The number of amides is 3. The van der Waals surface area contributed by atoms with Gasteiger partial charge < -0.3 is 10.1 Å². The average Bonchev–Trinajstić information content (AvgIpc) is 3.45. The molecule has 34 heavy (non-hydrogen) atoms. The van der Waals surface area contributed by atoms with Gasteiger partial charge in [-0.1, -0.05) is 35.4 Å². The zero-order valence-corrected chi connectivity index (χ0v) is 19.5. The van der Waals surface area contributed by atoms with Gasteiger partial charge in [0, 0.05) is 10.7 Å². The molecule has 8 heteroatoms. The smallest absolute Gasteiger partial charge is 0.338 e. The lowest BCUT2D eigenvalue weighted by Gasteiger charge is -2.19. The number of benzene rings is 2. The summed E-state index contributed by atoms with van der Waals surface area (Å²) in [5.41, 5.74) is 2.91. The SMILES string of the molecule is CC1=C[C@H]2C[C@H]1[C@H]1C(=O)N(c3cccc(C(=O)OCC(=O)Nc4cccc(Cl)c4C)c3)C(=O)[C@H]12. The van der Waals surface area contributed by atoms with Crippen LogP contribution in [0.25, 0.3) is 0 Å². The van der Waals surface area contributed by atoms with E-state index in [2.05, 4.69) is 11.4 Å². The molecule has 174 valence electrons. The van der Waals surface area contributed by atoms with E-state index in [1.165, 1.54) is 22.6 Å². The van der Waals surface area contributed by atoms with Gasteiger partial charge in [-0.15, -0.1) is 0 Å². The van der Waals surface area contributed by atoms with E-state index >= 15 is 0 Å². The van der Waals surface area contributed by atoms with Crippen LogP contribution in [0.15, 0.2) is 54.1 Å². The number of halogens is 1. The second-order valence-electron chi connectivity index (χ2n) is 9.07. The minimum absolute atomic E-state index is 0.103. The van der Waals surface area contributed by atoms with E-state index in [0.29, 0.717) is 22.0 Å². The van der Waals surface area contributed by atoms with Crippen LogP contribution in [0.5, 0.6) is 0 Å². The maximum atomic E-state index is 13.2. The Morgan fingerprint density at radius 1 is 1.09 bits per heavy atom. The number of anilines is 2. The fourth-order valence-electron chi connectivity index (χ4n) is 5.44. The zero-order valence-electron chi connectivity index (χ0n) is 18.7. The molecular formula is C26H23ClN2O5. The second kappa shape index (κ2) is 8.40. The number of fused-ring (bicyclic) bond motifs is 5. The van der Waals surface area contributed by atoms with Crippen molar-refractivity contribution in [1.82, 2.24) is 0 Å². The molecule has 0 aromatic heterocycles. The number of esters is 1. The van der Waals surface area contributed by atoms with Gasteiger partial charge in [0.15, 0.2) is 6.61 Å². The first kappa shape index (κ1) is 22.3. The molecule has 1 heterocycles. The van der Waals surface area contributed by atoms with Gasteiger partial charge >= 0.3 is 5.97 Å². The highest BCUT2D eigenvalue weighted by molar-refractivity contribution is 6.31. The Morgan fingerprint density at radius 3 is 2.62 bits per heavy atom. The van der Waals surface area contributed by atoms with E-state index in [9.17, 15) is 19.2 Å². The van der Waals surface area contributed by atoms with Gasteiger partial charge in [-0.25, -0.2) is 9.69 Å². The fraction of sp³-hybridized carbons (Fsp3) is 0.308. The van der Waals surface area contributed by atoms with Gasteiger partial charge in [-0.2, -0.15) is 0 Å². The Hall–Kier alpha value is -3.45.